The van der Waals surface area contributed by atoms with Crippen LogP contribution >= 0.6 is 27.7 Å². The minimum atomic E-state index is 1.04. The number of hydrogen-bond acceptors (Lipinski definition) is 2. The Hall–Kier alpha value is -0.540. The second-order valence-corrected chi connectivity index (χ2v) is 5.19. The molecule has 0 saturated carbocycles. The van der Waals surface area contributed by atoms with Crippen molar-refractivity contribution in [3.8, 4) is 0 Å². The molecule has 1 heterocycles. The molecule has 0 radical (unpaired) electrons. The Morgan fingerprint density at radius 2 is 2.21 bits per heavy atom. The first kappa shape index (κ1) is 9.99. The maximum Gasteiger partial charge on any atom is 0.0714 e. The highest BCUT2D eigenvalue weighted by Crippen LogP contribution is 2.23. The molecule has 1 aromatic heterocycles. The van der Waals surface area contributed by atoms with E-state index in [0.29, 0.717) is 0 Å². The highest BCUT2D eigenvalue weighted by Gasteiger charge is 1.98. The second-order valence-electron chi connectivity index (χ2n) is 2.94. The standard InChI is InChI=1S/C11H10BrNS/c1-2-14-10-5-8-3-4-9(12)6-11(8)13-7-10/h3-7H,2H2,1H3. The molecular weight excluding hydrogens is 258 g/mol. The van der Waals surface area contributed by atoms with Gasteiger partial charge in [0, 0.05) is 21.0 Å². The lowest BCUT2D eigenvalue weighted by molar-refractivity contribution is 1.30. The topological polar surface area (TPSA) is 12.9 Å². The summed E-state index contributed by atoms with van der Waals surface area (Å²) in [6.07, 6.45) is 1.93. The lowest BCUT2D eigenvalue weighted by Gasteiger charge is -2.01. The van der Waals surface area contributed by atoms with Crippen molar-refractivity contribution in [3.63, 3.8) is 0 Å². The summed E-state index contributed by atoms with van der Waals surface area (Å²) in [5, 5.41) is 1.20. The molecule has 0 fully saturated rings. The van der Waals surface area contributed by atoms with Crippen molar-refractivity contribution in [3.05, 3.63) is 34.9 Å². The van der Waals surface area contributed by atoms with Crippen LogP contribution in [0.1, 0.15) is 6.92 Å². The minimum absolute atomic E-state index is 1.04. The van der Waals surface area contributed by atoms with Crippen molar-refractivity contribution < 1.29 is 0 Å². The van der Waals surface area contributed by atoms with Crippen LogP contribution < -0.4 is 0 Å². The van der Waals surface area contributed by atoms with Crippen LogP contribution in [0.25, 0.3) is 10.9 Å². The van der Waals surface area contributed by atoms with Gasteiger partial charge in [0.05, 0.1) is 5.52 Å². The van der Waals surface area contributed by atoms with Crippen LogP contribution in [0.5, 0.6) is 0 Å². The molecule has 2 rings (SSSR count). The van der Waals surface area contributed by atoms with E-state index in [1.807, 2.05) is 30.1 Å². The van der Waals surface area contributed by atoms with Gasteiger partial charge in [0.15, 0.2) is 0 Å². The average molecular weight is 268 g/mol. The van der Waals surface area contributed by atoms with Gasteiger partial charge in [-0.25, -0.2) is 0 Å². The monoisotopic (exact) mass is 267 g/mol. The van der Waals surface area contributed by atoms with Gasteiger partial charge in [-0.1, -0.05) is 28.9 Å². The second kappa shape index (κ2) is 4.32. The van der Waals surface area contributed by atoms with E-state index in [2.05, 4.69) is 40.0 Å². The number of rotatable bonds is 2. The average Bonchev–Trinajstić information content (AvgIpc) is 2.19. The number of fused-ring (bicyclic) bond motifs is 1. The van der Waals surface area contributed by atoms with E-state index in [0.717, 1.165) is 15.7 Å². The van der Waals surface area contributed by atoms with E-state index in [-0.39, 0.29) is 0 Å². The largest absolute Gasteiger partial charge is 0.255 e. The number of aromatic nitrogens is 1. The minimum Gasteiger partial charge on any atom is -0.255 e. The first-order chi connectivity index (χ1) is 6.79. The van der Waals surface area contributed by atoms with Crippen LogP contribution in [0, 0.1) is 0 Å². The predicted molar refractivity (Wildman–Crippen MR) is 65.8 cm³/mol. The van der Waals surface area contributed by atoms with Crippen molar-refractivity contribution in [2.75, 3.05) is 5.75 Å². The van der Waals surface area contributed by atoms with E-state index in [1.165, 1.54) is 10.3 Å². The fourth-order valence-corrected chi connectivity index (χ4v) is 2.34. The highest BCUT2D eigenvalue weighted by atomic mass is 79.9. The van der Waals surface area contributed by atoms with Gasteiger partial charge in [0.2, 0.25) is 0 Å². The molecule has 2 aromatic rings. The molecule has 0 bridgehead atoms. The lowest BCUT2D eigenvalue weighted by atomic mass is 10.2. The van der Waals surface area contributed by atoms with Gasteiger partial charge in [0.25, 0.3) is 0 Å². The number of halogens is 1. The Kier molecular flexibility index (Phi) is 3.08. The summed E-state index contributed by atoms with van der Waals surface area (Å²) in [5.41, 5.74) is 1.04. The summed E-state index contributed by atoms with van der Waals surface area (Å²) >= 11 is 5.26. The number of thioether (sulfide) groups is 1. The molecule has 0 N–H and O–H groups in total. The van der Waals surface area contributed by atoms with E-state index >= 15 is 0 Å². The zero-order valence-electron chi connectivity index (χ0n) is 7.83. The summed E-state index contributed by atoms with van der Waals surface area (Å²) in [6, 6.07) is 8.36. The van der Waals surface area contributed by atoms with Crippen molar-refractivity contribution in [1.29, 1.82) is 0 Å². The molecule has 0 atom stereocenters. The molecule has 0 spiro atoms. The first-order valence-corrected chi connectivity index (χ1v) is 6.25. The Balaban J connectivity index is 2.50. The molecule has 0 amide bonds. The molecule has 0 aliphatic heterocycles. The van der Waals surface area contributed by atoms with E-state index in [9.17, 15) is 0 Å². The van der Waals surface area contributed by atoms with Crippen molar-refractivity contribution in [2.45, 2.75) is 11.8 Å². The molecule has 0 aliphatic carbocycles. The highest BCUT2D eigenvalue weighted by molar-refractivity contribution is 9.10. The van der Waals surface area contributed by atoms with Gasteiger partial charge < -0.3 is 0 Å². The predicted octanol–water partition coefficient (Wildman–Crippen LogP) is 4.11. The third-order valence-corrected chi connectivity index (χ3v) is 3.27. The summed E-state index contributed by atoms with van der Waals surface area (Å²) in [6.45, 7) is 2.15. The maximum atomic E-state index is 4.41. The fraction of sp³-hybridized carbons (Fsp3) is 0.182. The lowest BCUT2D eigenvalue weighted by Crippen LogP contribution is -1.81. The Morgan fingerprint density at radius 3 is 3.00 bits per heavy atom. The summed E-state index contributed by atoms with van der Waals surface area (Å²) in [7, 11) is 0. The summed E-state index contributed by atoms with van der Waals surface area (Å²) in [5.74, 6) is 1.09. The van der Waals surface area contributed by atoms with Gasteiger partial charge in [-0.05, 0) is 24.0 Å². The van der Waals surface area contributed by atoms with Crippen molar-refractivity contribution >= 4 is 38.6 Å². The zero-order valence-corrected chi connectivity index (χ0v) is 10.2. The van der Waals surface area contributed by atoms with Crippen LogP contribution in [0.3, 0.4) is 0 Å². The summed E-state index contributed by atoms with van der Waals surface area (Å²) in [4.78, 5) is 5.65. The van der Waals surface area contributed by atoms with Crippen molar-refractivity contribution in [1.82, 2.24) is 4.98 Å². The van der Waals surface area contributed by atoms with Gasteiger partial charge in [-0.15, -0.1) is 11.8 Å². The normalized spacial score (nSPS) is 10.7. The molecule has 1 aromatic carbocycles. The van der Waals surface area contributed by atoms with E-state index in [1.54, 1.807) is 0 Å². The van der Waals surface area contributed by atoms with Crippen LogP contribution in [0.2, 0.25) is 0 Å². The molecule has 3 heteroatoms. The number of nitrogens with zero attached hydrogens (tertiary/aromatic N) is 1. The quantitative estimate of drug-likeness (QED) is 0.760. The SMILES string of the molecule is CCSc1cnc2cc(Br)ccc2c1. The van der Waals surface area contributed by atoms with Crippen LogP contribution in [-0.2, 0) is 0 Å². The molecule has 72 valence electrons. The Bertz CT molecular complexity index is 456. The number of benzene rings is 1. The van der Waals surface area contributed by atoms with Crippen LogP contribution in [0.15, 0.2) is 39.8 Å². The first-order valence-electron chi connectivity index (χ1n) is 4.47. The maximum absolute atomic E-state index is 4.41. The number of hydrogen-bond donors (Lipinski definition) is 0. The van der Waals surface area contributed by atoms with Gasteiger partial charge in [0.1, 0.15) is 0 Å². The number of pyridine rings is 1. The van der Waals surface area contributed by atoms with Gasteiger partial charge >= 0.3 is 0 Å². The zero-order chi connectivity index (χ0) is 9.97. The third-order valence-electron chi connectivity index (χ3n) is 1.93. The summed E-state index contributed by atoms with van der Waals surface area (Å²) < 4.78 is 1.08. The smallest absolute Gasteiger partial charge is 0.0714 e. The molecular formula is C11H10BrNS. The van der Waals surface area contributed by atoms with Gasteiger partial charge in [-0.3, -0.25) is 4.98 Å². The molecule has 0 aliphatic rings. The van der Waals surface area contributed by atoms with Crippen molar-refractivity contribution in [2.24, 2.45) is 0 Å². The van der Waals surface area contributed by atoms with E-state index < -0.39 is 0 Å². The Labute approximate surface area is 96.1 Å². The van der Waals surface area contributed by atoms with Crippen LogP contribution in [-0.4, -0.2) is 10.7 Å². The molecule has 0 unspecified atom stereocenters. The fourth-order valence-electron chi connectivity index (χ4n) is 1.32. The molecule has 1 nitrogen and oxygen atoms in total. The van der Waals surface area contributed by atoms with Crippen LogP contribution in [0.4, 0.5) is 0 Å². The Morgan fingerprint density at radius 1 is 1.36 bits per heavy atom. The van der Waals surface area contributed by atoms with E-state index in [4.69, 9.17) is 0 Å². The third kappa shape index (κ3) is 2.10. The molecule has 14 heavy (non-hydrogen) atoms. The van der Waals surface area contributed by atoms with Gasteiger partial charge in [-0.2, -0.15) is 0 Å². The molecule has 0 saturated heterocycles.